The molecule has 0 N–H and O–H groups in total. The number of likely N-dealkylation sites (tertiary alicyclic amines) is 1. The number of carbonyl (C=O) groups is 1. The SMILES string of the molecule is CCCCCCCC(=O)N1CCCC(c2nc(-c3ccccc3)no2)C1. The Hall–Kier alpha value is -2.17. The normalized spacial score (nSPS) is 17.4. The Bertz CT molecular complexity index is 684. The third kappa shape index (κ3) is 4.93. The fourth-order valence-electron chi connectivity index (χ4n) is 3.55. The van der Waals surface area contributed by atoms with Crippen molar-refractivity contribution in [2.24, 2.45) is 0 Å². The summed E-state index contributed by atoms with van der Waals surface area (Å²) in [4.78, 5) is 19.1. The molecule has 1 aromatic heterocycles. The molecule has 3 rings (SSSR count). The van der Waals surface area contributed by atoms with E-state index in [1.54, 1.807) is 0 Å². The summed E-state index contributed by atoms with van der Waals surface area (Å²) < 4.78 is 5.51. The van der Waals surface area contributed by atoms with Crippen molar-refractivity contribution in [3.05, 3.63) is 36.2 Å². The number of hydrogen-bond donors (Lipinski definition) is 0. The van der Waals surface area contributed by atoms with Gasteiger partial charge in [0.05, 0.1) is 5.92 Å². The van der Waals surface area contributed by atoms with Crippen molar-refractivity contribution in [3.63, 3.8) is 0 Å². The van der Waals surface area contributed by atoms with Crippen LogP contribution in [0.15, 0.2) is 34.9 Å². The number of aromatic nitrogens is 2. The summed E-state index contributed by atoms with van der Waals surface area (Å²) in [6, 6.07) is 9.85. The van der Waals surface area contributed by atoms with Crippen LogP contribution in [0.2, 0.25) is 0 Å². The number of nitrogens with zero attached hydrogens (tertiary/aromatic N) is 3. The fourth-order valence-corrected chi connectivity index (χ4v) is 3.55. The van der Waals surface area contributed by atoms with Crippen LogP contribution in [-0.4, -0.2) is 34.0 Å². The monoisotopic (exact) mass is 355 g/mol. The molecule has 0 spiro atoms. The van der Waals surface area contributed by atoms with Gasteiger partial charge < -0.3 is 9.42 Å². The Labute approximate surface area is 155 Å². The minimum Gasteiger partial charge on any atom is -0.342 e. The van der Waals surface area contributed by atoms with E-state index in [2.05, 4.69) is 17.1 Å². The molecule has 1 aromatic carbocycles. The van der Waals surface area contributed by atoms with E-state index in [4.69, 9.17) is 4.52 Å². The van der Waals surface area contributed by atoms with Gasteiger partial charge in [-0.25, -0.2) is 0 Å². The van der Waals surface area contributed by atoms with Crippen LogP contribution in [0.25, 0.3) is 11.4 Å². The summed E-state index contributed by atoms with van der Waals surface area (Å²) in [5.41, 5.74) is 0.957. The lowest BCUT2D eigenvalue weighted by Gasteiger charge is -2.31. The van der Waals surface area contributed by atoms with E-state index in [0.717, 1.165) is 37.8 Å². The van der Waals surface area contributed by atoms with Crippen LogP contribution in [-0.2, 0) is 4.79 Å². The van der Waals surface area contributed by atoms with E-state index in [0.29, 0.717) is 24.7 Å². The van der Waals surface area contributed by atoms with Gasteiger partial charge in [-0.3, -0.25) is 4.79 Å². The van der Waals surface area contributed by atoms with Crippen LogP contribution in [0.5, 0.6) is 0 Å². The average Bonchev–Trinajstić information content (AvgIpc) is 3.19. The smallest absolute Gasteiger partial charge is 0.231 e. The molecule has 2 heterocycles. The van der Waals surface area contributed by atoms with Gasteiger partial charge in [0.2, 0.25) is 17.6 Å². The topological polar surface area (TPSA) is 59.2 Å². The van der Waals surface area contributed by atoms with Gasteiger partial charge in [-0.1, -0.05) is 68.1 Å². The van der Waals surface area contributed by atoms with Gasteiger partial charge >= 0.3 is 0 Å². The summed E-state index contributed by atoms with van der Waals surface area (Å²) in [6.45, 7) is 3.76. The summed E-state index contributed by atoms with van der Waals surface area (Å²) in [5, 5.41) is 4.12. The van der Waals surface area contributed by atoms with E-state index in [1.165, 1.54) is 19.3 Å². The molecule has 1 aliphatic heterocycles. The quantitative estimate of drug-likeness (QED) is 0.638. The lowest BCUT2D eigenvalue weighted by Crippen LogP contribution is -2.39. The molecule has 1 amide bonds. The molecule has 1 unspecified atom stereocenters. The molecule has 1 atom stereocenters. The highest BCUT2D eigenvalue weighted by Crippen LogP contribution is 2.28. The molecule has 2 aromatic rings. The zero-order valence-electron chi connectivity index (χ0n) is 15.7. The molecular formula is C21H29N3O2. The molecule has 1 saturated heterocycles. The first-order chi connectivity index (χ1) is 12.8. The second-order valence-electron chi connectivity index (χ2n) is 7.17. The standard InChI is InChI=1S/C21H29N3O2/c1-2-3-4-5-9-14-19(25)24-15-10-13-18(16-24)21-22-20(23-26-21)17-11-7-6-8-12-17/h6-8,11-12,18H,2-5,9-10,13-16H2,1H3. The number of carbonyl (C=O) groups excluding carboxylic acids is 1. The van der Waals surface area contributed by atoms with E-state index in [9.17, 15) is 4.79 Å². The zero-order valence-corrected chi connectivity index (χ0v) is 15.7. The van der Waals surface area contributed by atoms with E-state index in [-0.39, 0.29) is 11.8 Å². The van der Waals surface area contributed by atoms with Gasteiger partial charge in [0.25, 0.3) is 0 Å². The van der Waals surface area contributed by atoms with Gasteiger partial charge in [0.15, 0.2) is 0 Å². The molecular weight excluding hydrogens is 326 g/mol. The molecule has 5 nitrogen and oxygen atoms in total. The van der Waals surface area contributed by atoms with Crippen LogP contribution >= 0.6 is 0 Å². The Morgan fingerprint density at radius 3 is 2.81 bits per heavy atom. The summed E-state index contributed by atoms with van der Waals surface area (Å²) in [5.74, 6) is 1.70. The van der Waals surface area contributed by atoms with Crippen LogP contribution in [0.3, 0.4) is 0 Å². The van der Waals surface area contributed by atoms with Crippen molar-refractivity contribution in [1.82, 2.24) is 15.0 Å². The van der Waals surface area contributed by atoms with Gasteiger partial charge in [-0.2, -0.15) is 4.98 Å². The second kappa shape index (κ2) is 9.51. The minimum absolute atomic E-state index is 0.151. The van der Waals surface area contributed by atoms with E-state index < -0.39 is 0 Å². The Morgan fingerprint density at radius 2 is 2.00 bits per heavy atom. The molecule has 26 heavy (non-hydrogen) atoms. The molecule has 1 fully saturated rings. The highest BCUT2D eigenvalue weighted by Gasteiger charge is 2.28. The molecule has 140 valence electrons. The maximum atomic E-state index is 12.5. The number of benzene rings is 1. The third-order valence-electron chi connectivity index (χ3n) is 5.09. The summed E-state index contributed by atoms with van der Waals surface area (Å²) >= 11 is 0. The van der Waals surface area contributed by atoms with Gasteiger partial charge in [0, 0.05) is 25.1 Å². The lowest BCUT2D eigenvalue weighted by molar-refractivity contribution is -0.132. The van der Waals surface area contributed by atoms with Crippen molar-refractivity contribution in [2.75, 3.05) is 13.1 Å². The van der Waals surface area contributed by atoms with Crippen molar-refractivity contribution in [3.8, 4) is 11.4 Å². The molecule has 5 heteroatoms. The number of amides is 1. The van der Waals surface area contributed by atoms with Crippen molar-refractivity contribution in [1.29, 1.82) is 0 Å². The molecule has 0 radical (unpaired) electrons. The number of piperidine rings is 1. The zero-order chi connectivity index (χ0) is 18.2. The Morgan fingerprint density at radius 1 is 1.19 bits per heavy atom. The number of rotatable bonds is 8. The van der Waals surface area contributed by atoms with Crippen LogP contribution < -0.4 is 0 Å². The van der Waals surface area contributed by atoms with E-state index >= 15 is 0 Å². The van der Waals surface area contributed by atoms with Crippen molar-refractivity contribution >= 4 is 5.91 Å². The van der Waals surface area contributed by atoms with E-state index in [1.807, 2.05) is 35.2 Å². The first kappa shape index (κ1) is 18.6. The maximum Gasteiger partial charge on any atom is 0.231 e. The van der Waals surface area contributed by atoms with Gasteiger partial charge in [-0.05, 0) is 19.3 Å². The highest BCUT2D eigenvalue weighted by molar-refractivity contribution is 5.76. The fraction of sp³-hybridized carbons (Fsp3) is 0.571. The predicted octanol–water partition coefficient (Wildman–Crippen LogP) is 4.80. The maximum absolute atomic E-state index is 12.5. The van der Waals surface area contributed by atoms with Crippen molar-refractivity contribution in [2.45, 2.75) is 64.2 Å². The minimum atomic E-state index is 0.151. The Kier molecular flexibility index (Phi) is 6.81. The van der Waals surface area contributed by atoms with Gasteiger partial charge in [-0.15, -0.1) is 0 Å². The number of unbranched alkanes of at least 4 members (excludes halogenated alkanes) is 4. The average molecular weight is 355 g/mol. The molecule has 0 saturated carbocycles. The largest absolute Gasteiger partial charge is 0.342 e. The predicted molar refractivity (Wildman–Crippen MR) is 102 cm³/mol. The van der Waals surface area contributed by atoms with Gasteiger partial charge in [0.1, 0.15) is 0 Å². The van der Waals surface area contributed by atoms with Crippen LogP contribution in [0.4, 0.5) is 0 Å². The number of hydrogen-bond acceptors (Lipinski definition) is 4. The summed E-state index contributed by atoms with van der Waals surface area (Å²) in [6.07, 6.45) is 8.54. The third-order valence-corrected chi connectivity index (χ3v) is 5.09. The molecule has 0 aliphatic carbocycles. The van der Waals surface area contributed by atoms with Crippen LogP contribution in [0.1, 0.15) is 70.1 Å². The molecule has 1 aliphatic rings. The lowest BCUT2D eigenvalue weighted by atomic mass is 9.97. The van der Waals surface area contributed by atoms with Crippen molar-refractivity contribution < 1.29 is 9.32 Å². The molecule has 0 bridgehead atoms. The second-order valence-corrected chi connectivity index (χ2v) is 7.17. The first-order valence-electron chi connectivity index (χ1n) is 9.94. The highest BCUT2D eigenvalue weighted by atomic mass is 16.5. The first-order valence-corrected chi connectivity index (χ1v) is 9.94. The summed E-state index contributed by atoms with van der Waals surface area (Å²) in [7, 11) is 0. The Balaban J connectivity index is 1.53. The van der Waals surface area contributed by atoms with Crippen LogP contribution in [0, 0.1) is 0 Å².